The van der Waals surface area contributed by atoms with Gasteiger partial charge in [-0.15, -0.1) is 0 Å². The quantitative estimate of drug-likeness (QED) is 0.626. The van der Waals surface area contributed by atoms with Crippen molar-refractivity contribution in [2.45, 2.75) is 12.1 Å². The van der Waals surface area contributed by atoms with E-state index in [0.29, 0.717) is 17.1 Å². The number of methoxy groups -OCH3 is 2. The molecule has 0 unspecified atom stereocenters. The number of aliphatic carboxylic acids is 1. The van der Waals surface area contributed by atoms with Crippen molar-refractivity contribution in [1.29, 1.82) is 0 Å². The molecule has 17 heavy (non-hydrogen) atoms. The fourth-order valence-electron chi connectivity index (χ4n) is 1.54. The molecule has 6 heteroatoms. The predicted octanol–water partition coefficient (Wildman–Crippen LogP) is -1.90. The number of benzene rings is 1. The molecule has 0 radical (unpaired) electrons. The number of rotatable bonds is 5. The minimum absolute atomic E-state index is 0.357. The summed E-state index contributed by atoms with van der Waals surface area (Å²) in [6, 6.07) is 4.05. The van der Waals surface area contributed by atoms with Gasteiger partial charge in [-0.1, -0.05) is 6.07 Å². The lowest BCUT2D eigenvalue weighted by Gasteiger charge is -2.20. The van der Waals surface area contributed by atoms with Crippen LogP contribution in [-0.2, 0) is 4.79 Å². The molecule has 0 saturated carbocycles. The van der Waals surface area contributed by atoms with E-state index in [-0.39, 0.29) is 0 Å². The van der Waals surface area contributed by atoms with E-state index < -0.39 is 18.1 Å². The van der Waals surface area contributed by atoms with Crippen molar-refractivity contribution in [1.82, 2.24) is 0 Å². The zero-order valence-electron chi connectivity index (χ0n) is 9.67. The van der Waals surface area contributed by atoms with Crippen LogP contribution in [0.5, 0.6) is 11.5 Å². The van der Waals surface area contributed by atoms with Crippen molar-refractivity contribution in [3.8, 4) is 11.5 Å². The first-order chi connectivity index (χ1) is 8.02. The topological polar surface area (TPSA) is 106 Å². The Balaban J connectivity index is 3.17. The third-order valence-corrected chi connectivity index (χ3v) is 2.46. The minimum Gasteiger partial charge on any atom is -0.547 e. The van der Waals surface area contributed by atoms with Crippen molar-refractivity contribution in [3.05, 3.63) is 23.8 Å². The Morgan fingerprint density at radius 2 is 2.06 bits per heavy atom. The number of quaternary nitrogens is 1. The largest absolute Gasteiger partial charge is 0.547 e. The number of para-hydroxylation sites is 1. The minimum atomic E-state index is -1.70. The van der Waals surface area contributed by atoms with Crippen LogP contribution in [0.25, 0.3) is 0 Å². The average Bonchev–Trinajstić information content (AvgIpc) is 2.35. The Morgan fingerprint density at radius 3 is 2.53 bits per heavy atom. The molecule has 0 fully saturated rings. The molecule has 0 saturated heterocycles. The summed E-state index contributed by atoms with van der Waals surface area (Å²) >= 11 is 0. The molecule has 4 N–H and O–H groups in total. The number of carboxylic acids is 1. The molecule has 6 nitrogen and oxygen atoms in total. The Labute approximate surface area is 98.6 Å². The van der Waals surface area contributed by atoms with Gasteiger partial charge in [0.2, 0.25) is 0 Å². The number of carboxylic acid groups (broad SMARTS) is 1. The number of hydrogen-bond acceptors (Lipinski definition) is 5. The summed E-state index contributed by atoms with van der Waals surface area (Å²) in [4.78, 5) is 10.6. The van der Waals surface area contributed by atoms with Gasteiger partial charge in [-0.2, -0.15) is 0 Å². The van der Waals surface area contributed by atoms with Gasteiger partial charge in [0.15, 0.2) is 11.5 Å². The number of aliphatic hydroxyl groups excluding tert-OH is 1. The van der Waals surface area contributed by atoms with Gasteiger partial charge >= 0.3 is 0 Å². The second-order valence-corrected chi connectivity index (χ2v) is 3.45. The first kappa shape index (κ1) is 13.3. The monoisotopic (exact) mass is 241 g/mol. The third kappa shape index (κ3) is 2.66. The Bertz CT molecular complexity index is 407. The summed E-state index contributed by atoms with van der Waals surface area (Å²) in [7, 11) is 2.90. The Morgan fingerprint density at radius 1 is 1.41 bits per heavy atom. The Hall–Kier alpha value is -1.79. The molecule has 0 aliphatic heterocycles. The number of aliphatic hydroxyl groups is 1. The highest BCUT2D eigenvalue weighted by Crippen LogP contribution is 2.34. The maximum absolute atomic E-state index is 10.6. The molecular formula is C11H15NO5. The van der Waals surface area contributed by atoms with Gasteiger partial charge in [0, 0.05) is 0 Å². The van der Waals surface area contributed by atoms with E-state index in [1.54, 1.807) is 18.2 Å². The van der Waals surface area contributed by atoms with Crippen LogP contribution in [0.3, 0.4) is 0 Å². The van der Waals surface area contributed by atoms with E-state index in [2.05, 4.69) is 5.73 Å². The lowest BCUT2D eigenvalue weighted by atomic mass is 10.0. The molecule has 1 aromatic rings. The zero-order valence-corrected chi connectivity index (χ0v) is 9.67. The van der Waals surface area contributed by atoms with E-state index >= 15 is 0 Å². The summed E-state index contributed by atoms with van der Waals surface area (Å²) in [6.45, 7) is 0. The number of hydrogen-bond donors (Lipinski definition) is 2. The molecule has 0 aliphatic carbocycles. The lowest BCUT2D eigenvalue weighted by Crippen LogP contribution is -2.62. The van der Waals surface area contributed by atoms with E-state index in [4.69, 9.17) is 9.47 Å². The van der Waals surface area contributed by atoms with Crippen molar-refractivity contribution in [3.63, 3.8) is 0 Å². The SMILES string of the molecule is COc1cccc([C@@H]([NH3+])[C@@H](O)C(=O)[O-])c1OC. The molecule has 0 spiro atoms. The standard InChI is InChI=1S/C11H15NO5/c1-16-7-5-3-4-6(10(7)17-2)8(12)9(13)11(14)15/h3-5,8-9,13H,12H2,1-2H3,(H,14,15)/t8-,9-/m1/s1. The van der Waals surface area contributed by atoms with Crippen LogP contribution in [0.2, 0.25) is 0 Å². The zero-order chi connectivity index (χ0) is 13.0. The molecule has 0 heterocycles. The van der Waals surface area contributed by atoms with E-state index in [9.17, 15) is 15.0 Å². The Kier molecular flexibility index (Phi) is 4.30. The summed E-state index contributed by atoms with van der Waals surface area (Å²) in [6.07, 6.45) is -1.70. The average molecular weight is 241 g/mol. The molecule has 0 bridgehead atoms. The third-order valence-electron chi connectivity index (χ3n) is 2.46. The first-order valence-electron chi connectivity index (χ1n) is 4.95. The van der Waals surface area contributed by atoms with Crippen LogP contribution in [0.1, 0.15) is 11.6 Å². The summed E-state index contributed by atoms with van der Waals surface area (Å²) in [5.74, 6) is -0.769. The van der Waals surface area contributed by atoms with Gasteiger partial charge in [0.05, 0.1) is 25.8 Å². The highest BCUT2D eigenvalue weighted by Gasteiger charge is 2.26. The van der Waals surface area contributed by atoms with Gasteiger partial charge in [-0.05, 0) is 12.1 Å². The van der Waals surface area contributed by atoms with Crippen LogP contribution in [-0.4, -0.2) is 31.4 Å². The van der Waals surface area contributed by atoms with Gasteiger partial charge in [0.25, 0.3) is 0 Å². The smallest absolute Gasteiger partial charge is 0.169 e. The summed E-state index contributed by atoms with van der Waals surface area (Å²) < 4.78 is 10.2. The normalized spacial score (nSPS) is 13.9. The fraction of sp³-hybridized carbons (Fsp3) is 0.364. The van der Waals surface area contributed by atoms with E-state index in [1.165, 1.54) is 14.2 Å². The number of carbonyl (C=O) groups excluding carboxylic acids is 1. The maximum atomic E-state index is 10.6. The van der Waals surface area contributed by atoms with Gasteiger partial charge in [-0.25, -0.2) is 0 Å². The van der Waals surface area contributed by atoms with Crippen LogP contribution >= 0.6 is 0 Å². The van der Waals surface area contributed by atoms with Gasteiger partial charge < -0.3 is 30.2 Å². The molecule has 1 rings (SSSR count). The van der Waals surface area contributed by atoms with Crippen LogP contribution in [0.4, 0.5) is 0 Å². The highest BCUT2D eigenvalue weighted by atomic mass is 16.5. The fourth-order valence-corrected chi connectivity index (χ4v) is 1.54. The van der Waals surface area contributed by atoms with Crippen LogP contribution in [0, 0.1) is 0 Å². The van der Waals surface area contributed by atoms with Crippen molar-refractivity contribution in [2.24, 2.45) is 0 Å². The van der Waals surface area contributed by atoms with Crippen molar-refractivity contribution in [2.75, 3.05) is 14.2 Å². The molecular weight excluding hydrogens is 226 g/mol. The highest BCUT2D eigenvalue weighted by molar-refractivity contribution is 5.71. The van der Waals surface area contributed by atoms with E-state index in [1.807, 2.05) is 0 Å². The van der Waals surface area contributed by atoms with Gasteiger partial charge in [0.1, 0.15) is 12.1 Å². The molecule has 0 amide bonds. The molecule has 2 atom stereocenters. The van der Waals surface area contributed by atoms with E-state index in [0.717, 1.165) is 0 Å². The van der Waals surface area contributed by atoms with Crippen molar-refractivity contribution < 1.29 is 30.2 Å². The maximum Gasteiger partial charge on any atom is 0.169 e. The summed E-state index contributed by atoms with van der Waals surface area (Å²) in [5.41, 5.74) is 4.05. The molecule has 1 aromatic carbocycles. The second kappa shape index (κ2) is 5.51. The molecule has 0 aliphatic rings. The molecule has 94 valence electrons. The number of ether oxygens (including phenoxy) is 2. The number of carbonyl (C=O) groups is 1. The van der Waals surface area contributed by atoms with Crippen LogP contribution < -0.4 is 20.3 Å². The summed E-state index contributed by atoms with van der Waals surface area (Å²) in [5, 5.41) is 20.0. The predicted molar refractivity (Wildman–Crippen MR) is 56.2 cm³/mol. The lowest BCUT2D eigenvalue weighted by molar-refractivity contribution is -0.448. The van der Waals surface area contributed by atoms with Crippen molar-refractivity contribution >= 4 is 5.97 Å². The second-order valence-electron chi connectivity index (χ2n) is 3.45. The first-order valence-corrected chi connectivity index (χ1v) is 4.95. The van der Waals surface area contributed by atoms with Crippen LogP contribution in [0.15, 0.2) is 18.2 Å². The molecule has 0 aromatic heterocycles. The van der Waals surface area contributed by atoms with Gasteiger partial charge in [-0.3, -0.25) is 0 Å².